The minimum absolute atomic E-state index is 0.0493. The molecule has 0 atom stereocenters. The molecular formula is C11H16BrNO3S. The Bertz CT molecular complexity index is 474. The van der Waals surface area contributed by atoms with Gasteiger partial charge in [0.05, 0.1) is 16.3 Å². The van der Waals surface area contributed by atoms with Gasteiger partial charge in [0.2, 0.25) is 0 Å². The molecule has 0 bridgehead atoms. The molecular weight excluding hydrogens is 306 g/mol. The molecule has 0 aliphatic carbocycles. The van der Waals surface area contributed by atoms with Crippen LogP contribution in [0.3, 0.4) is 0 Å². The molecule has 1 aromatic carbocycles. The SMILES string of the molecule is CCOCCCS(=O)(=O)c1cc(Br)ccc1N. The first kappa shape index (κ1) is 14.5. The standard InChI is InChI=1S/C11H16BrNO3S/c1-2-16-6-3-7-17(14,15)11-8-9(12)4-5-10(11)13/h4-5,8H,2-3,6-7,13H2,1H3. The van der Waals surface area contributed by atoms with Crippen LogP contribution in [0.2, 0.25) is 0 Å². The van der Waals surface area contributed by atoms with Crippen LogP contribution in [-0.2, 0) is 14.6 Å². The van der Waals surface area contributed by atoms with Gasteiger partial charge in [-0.3, -0.25) is 0 Å². The van der Waals surface area contributed by atoms with Crippen molar-refractivity contribution in [2.24, 2.45) is 0 Å². The summed E-state index contributed by atoms with van der Waals surface area (Å²) in [5, 5.41) is 0. The van der Waals surface area contributed by atoms with Crippen molar-refractivity contribution in [3.05, 3.63) is 22.7 Å². The Morgan fingerprint density at radius 2 is 2.12 bits per heavy atom. The van der Waals surface area contributed by atoms with Gasteiger partial charge in [-0.05, 0) is 31.5 Å². The summed E-state index contributed by atoms with van der Waals surface area (Å²) in [6, 6.07) is 4.83. The maximum absolute atomic E-state index is 12.0. The molecule has 0 aliphatic rings. The first-order chi connectivity index (χ1) is 7.97. The average molecular weight is 322 g/mol. The minimum atomic E-state index is -3.33. The van der Waals surface area contributed by atoms with Crippen LogP contribution in [0.25, 0.3) is 0 Å². The third kappa shape index (κ3) is 4.29. The largest absolute Gasteiger partial charge is 0.398 e. The summed E-state index contributed by atoms with van der Waals surface area (Å²) in [6.07, 6.45) is 0.474. The molecule has 0 heterocycles. The molecule has 17 heavy (non-hydrogen) atoms. The van der Waals surface area contributed by atoms with Gasteiger partial charge in [0.1, 0.15) is 0 Å². The molecule has 0 fully saturated rings. The molecule has 6 heteroatoms. The van der Waals surface area contributed by atoms with Crippen molar-refractivity contribution in [1.82, 2.24) is 0 Å². The molecule has 2 N–H and O–H groups in total. The van der Waals surface area contributed by atoms with E-state index < -0.39 is 9.84 Å². The second kappa shape index (κ2) is 6.37. The van der Waals surface area contributed by atoms with E-state index in [1.165, 1.54) is 6.07 Å². The van der Waals surface area contributed by atoms with Gasteiger partial charge in [0.15, 0.2) is 9.84 Å². The zero-order valence-electron chi connectivity index (χ0n) is 9.65. The van der Waals surface area contributed by atoms with Crippen molar-refractivity contribution >= 4 is 31.5 Å². The zero-order chi connectivity index (χ0) is 12.9. The molecule has 0 unspecified atom stereocenters. The van der Waals surface area contributed by atoms with Crippen LogP contribution < -0.4 is 5.73 Å². The van der Waals surface area contributed by atoms with Gasteiger partial charge >= 0.3 is 0 Å². The smallest absolute Gasteiger partial charge is 0.180 e. The summed E-state index contributed by atoms with van der Waals surface area (Å²) in [6.45, 7) is 2.92. The number of hydrogen-bond donors (Lipinski definition) is 1. The molecule has 0 radical (unpaired) electrons. The van der Waals surface area contributed by atoms with Crippen LogP contribution in [0.1, 0.15) is 13.3 Å². The summed E-state index contributed by atoms with van der Waals surface area (Å²) in [7, 11) is -3.33. The Morgan fingerprint density at radius 1 is 1.41 bits per heavy atom. The van der Waals surface area contributed by atoms with Crippen LogP contribution in [0.15, 0.2) is 27.6 Å². The third-order valence-electron chi connectivity index (χ3n) is 2.22. The Labute approximate surface area is 110 Å². The van der Waals surface area contributed by atoms with Crippen molar-refractivity contribution in [2.45, 2.75) is 18.2 Å². The van der Waals surface area contributed by atoms with Crippen molar-refractivity contribution in [3.8, 4) is 0 Å². The highest BCUT2D eigenvalue weighted by atomic mass is 79.9. The molecule has 1 rings (SSSR count). The Kier molecular flexibility index (Phi) is 5.42. The molecule has 0 saturated heterocycles. The van der Waals surface area contributed by atoms with Crippen LogP contribution in [0, 0.1) is 0 Å². The van der Waals surface area contributed by atoms with E-state index in [-0.39, 0.29) is 16.3 Å². The van der Waals surface area contributed by atoms with Crippen molar-refractivity contribution < 1.29 is 13.2 Å². The first-order valence-electron chi connectivity index (χ1n) is 5.33. The van der Waals surface area contributed by atoms with E-state index in [0.29, 0.717) is 24.1 Å². The summed E-state index contributed by atoms with van der Waals surface area (Å²) in [5.74, 6) is 0.0493. The second-order valence-corrected chi connectivity index (χ2v) is 6.54. The van der Waals surface area contributed by atoms with E-state index in [4.69, 9.17) is 10.5 Å². The highest BCUT2D eigenvalue weighted by molar-refractivity contribution is 9.10. The number of nitrogens with two attached hydrogens (primary N) is 1. The summed E-state index contributed by atoms with van der Waals surface area (Å²) < 4.78 is 29.8. The van der Waals surface area contributed by atoms with E-state index in [9.17, 15) is 8.42 Å². The quantitative estimate of drug-likeness (QED) is 0.644. The third-order valence-corrected chi connectivity index (χ3v) is 4.56. The molecule has 1 aromatic rings. The number of halogens is 1. The van der Waals surface area contributed by atoms with Crippen molar-refractivity contribution in [2.75, 3.05) is 24.7 Å². The van der Waals surface area contributed by atoms with Gasteiger partial charge in [0.25, 0.3) is 0 Å². The lowest BCUT2D eigenvalue weighted by Gasteiger charge is -2.08. The second-order valence-electron chi connectivity index (χ2n) is 3.55. The zero-order valence-corrected chi connectivity index (χ0v) is 12.1. The monoisotopic (exact) mass is 321 g/mol. The van der Waals surface area contributed by atoms with Gasteiger partial charge in [-0.1, -0.05) is 15.9 Å². The maximum atomic E-state index is 12.0. The number of nitrogen functional groups attached to an aromatic ring is 1. The van der Waals surface area contributed by atoms with Gasteiger partial charge in [0, 0.05) is 17.7 Å². The van der Waals surface area contributed by atoms with Gasteiger partial charge in [-0.15, -0.1) is 0 Å². The number of anilines is 1. The van der Waals surface area contributed by atoms with Crippen LogP contribution >= 0.6 is 15.9 Å². The predicted octanol–water partition coefficient (Wildman–Crippen LogP) is 2.23. The lowest BCUT2D eigenvalue weighted by molar-refractivity contribution is 0.148. The van der Waals surface area contributed by atoms with E-state index >= 15 is 0 Å². The molecule has 0 spiro atoms. The fourth-order valence-corrected chi connectivity index (χ4v) is 3.35. The van der Waals surface area contributed by atoms with Crippen molar-refractivity contribution in [3.63, 3.8) is 0 Å². The summed E-state index contributed by atoms with van der Waals surface area (Å²) >= 11 is 3.24. The summed E-state index contributed by atoms with van der Waals surface area (Å²) in [4.78, 5) is 0.184. The highest BCUT2D eigenvalue weighted by Crippen LogP contribution is 2.24. The minimum Gasteiger partial charge on any atom is -0.398 e. The number of ether oxygens (including phenoxy) is 1. The fraction of sp³-hybridized carbons (Fsp3) is 0.455. The lowest BCUT2D eigenvalue weighted by Crippen LogP contribution is -2.11. The lowest BCUT2D eigenvalue weighted by atomic mass is 10.3. The van der Waals surface area contributed by atoms with Crippen LogP contribution in [0.4, 0.5) is 5.69 Å². The predicted molar refractivity (Wildman–Crippen MR) is 71.7 cm³/mol. The molecule has 0 aromatic heterocycles. The van der Waals surface area contributed by atoms with Crippen LogP contribution in [0.5, 0.6) is 0 Å². The van der Waals surface area contributed by atoms with E-state index in [1.807, 2.05) is 6.92 Å². The number of benzene rings is 1. The van der Waals surface area contributed by atoms with Gasteiger partial charge in [-0.25, -0.2) is 8.42 Å². The summed E-state index contributed by atoms with van der Waals surface area (Å²) in [5.41, 5.74) is 5.96. The highest BCUT2D eigenvalue weighted by Gasteiger charge is 2.17. The van der Waals surface area contributed by atoms with Crippen LogP contribution in [-0.4, -0.2) is 27.4 Å². The maximum Gasteiger partial charge on any atom is 0.180 e. The topological polar surface area (TPSA) is 69.4 Å². The Balaban J connectivity index is 2.79. The van der Waals surface area contributed by atoms with E-state index in [1.54, 1.807) is 12.1 Å². The molecule has 96 valence electrons. The molecule has 0 saturated carbocycles. The first-order valence-corrected chi connectivity index (χ1v) is 7.77. The average Bonchev–Trinajstić information content (AvgIpc) is 2.28. The van der Waals surface area contributed by atoms with E-state index in [2.05, 4.69) is 15.9 Å². The Morgan fingerprint density at radius 3 is 2.76 bits per heavy atom. The molecule has 0 amide bonds. The van der Waals surface area contributed by atoms with Crippen molar-refractivity contribution in [1.29, 1.82) is 0 Å². The Hall–Kier alpha value is -0.590. The normalized spacial score (nSPS) is 11.6. The van der Waals surface area contributed by atoms with Gasteiger partial charge in [-0.2, -0.15) is 0 Å². The number of rotatable bonds is 6. The molecule has 4 nitrogen and oxygen atoms in total. The van der Waals surface area contributed by atoms with Gasteiger partial charge < -0.3 is 10.5 Å². The number of sulfone groups is 1. The van der Waals surface area contributed by atoms with E-state index in [0.717, 1.165) is 0 Å². The fourth-order valence-electron chi connectivity index (χ4n) is 1.38. The molecule has 0 aliphatic heterocycles. The number of hydrogen-bond acceptors (Lipinski definition) is 4.